The largest absolute Gasteiger partial charge is 0.314 e. The van der Waals surface area contributed by atoms with Crippen LogP contribution in [-0.4, -0.2) is 28.2 Å². The summed E-state index contributed by atoms with van der Waals surface area (Å²) in [6, 6.07) is 8.63. The van der Waals surface area contributed by atoms with Gasteiger partial charge in [-0.25, -0.2) is 0 Å². The van der Waals surface area contributed by atoms with E-state index in [1.165, 1.54) is 19.3 Å². The van der Waals surface area contributed by atoms with Crippen LogP contribution in [0.5, 0.6) is 0 Å². The van der Waals surface area contributed by atoms with Crippen molar-refractivity contribution in [3.05, 3.63) is 30.0 Å². The first-order valence-electron chi connectivity index (χ1n) is 7.90. The zero-order valence-corrected chi connectivity index (χ0v) is 12.6. The Labute approximate surface area is 125 Å². The van der Waals surface area contributed by atoms with Gasteiger partial charge in [-0.1, -0.05) is 24.6 Å². The third-order valence-electron chi connectivity index (χ3n) is 4.38. The number of para-hydroxylation sites is 1. The van der Waals surface area contributed by atoms with E-state index in [0.29, 0.717) is 24.7 Å². The van der Waals surface area contributed by atoms with Crippen LogP contribution in [0.4, 0.5) is 0 Å². The van der Waals surface area contributed by atoms with E-state index in [0.717, 1.165) is 29.6 Å². The van der Waals surface area contributed by atoms with Crippen LogP contribution in [0, 0.1) is 0 Å². The summed E-state index contributed by atoms with van der Waals surface area (Å²) in [6.07, 6.45) is 5.83. The number of nitrogens with zero attached hydrogens (tertiary/aromatic N) is 2. The number of aromatic nitrogens is 2. The minimum Gasteiger partial charge on any atom is -0.314 e. The van der Waals surface area contributed by atoms with Gasteiger partial charge in [0.15, 0.2) is 0 Å². The molecule has 1 saturated heterocycles. The molecule has 1 unspecified atom stereocenters. The fourth-order valence-corrected chi connectivity index (χ4v) is 3.20. The molecule has 1 aliphatic heterocycles. The van der Waals surface area contributed by atoms with Gasteiger partial charge < -0.3 is 5.32 Å². The zero-order chi connectivity index (χ0) is 14.7. The van der Waals surface area contributed by atoms with Crippen molar-refractivity contribution in [3.63, 3.8) is 0 Å². The lowest BCUT2D eigenvalue weighted by Crippen LogP contribution is -2.34. The highest BCUT2D eigenvalue weighted by atomic mass is 16.1. The van der Waals surface area contributed by atoms with E-state index in [1.807, 2.05) is 36.0 Å². The van der Waals surface area contributed by atoms with Crippen molar-refractivity contribution in [2.45, 2.75) is 44.6 Å². The van der Waals surface area contributed by atoms with Crippen molar-refractivity contribution in [2.75, 3.05) is 6.54 Å². The van der Waals surface area contributed by atoms with E-state index in [2.05, 4.69) is 10.4 Å². The fraction of sp³-hybridized carbons (Fsp3) is 0.529. The van der Waals surface area contributed by atoms with Crippen LogP contribution in [0.3, 0.4) is 0 Å². The molecule has 1 aliphatic rings. The molecule has 4 heteroatoms. The second-order valence-corrected chi connectivity index (χ2v) is 5.99. The number of Topliss-reactive ketones (excluding diaryl/α,β-unsaturated/α-hetero) is 1. The minimum atomic E-state index is 0.297. The van der Waals surface area contributed by atoms with Gasteiger partial charge in [0, 0.05) is 24.9 Å². The molecular formula is C17H23N3O. The van der Waals surface area contributed by atoms with Crippen LogP contribution < -0.4 is 5.32 Å². The molecule has 3 rings (SSSR count). The molecular weight excluding hydrogens is 262 g/mol. The molecule has 0 spiro atoms. The first-order chi connectivity index (χ1) is 10.2. The van der Waals surface area contributed by atoms with Crippen molar-refractivity contribution < 1.29 is 4.79 Å². The second kappa shape index (κ2) is 6.39. The summed E-state index contributed by atoms with van der Waals surface area (Å²) in [4.78, 5) is 12.2. The van der Waals surface area contributed by atoms with Crippen LogP contribution in [0.25, 0.3) is 10.9 Å². The van der Waals surface area contributed by atoms with Crippen molar-refractivity contribution >= 4 is 16.7 Å². The standard InChI is InChI=1S/C17H23N3O/c1-20-17-8-3-2-7-15(17)16(19-20)12-14(21)10-9-13-6-4-5-11-18-13/h2-3,7-8,13,18H,4-6,9-12H2,1H3. The Morgan fingerprint density at radius 3 is 3.05 bits per heavy atom. The van der Waals surface area contributed by atoms with Gasteiger partial charge in [0.25, 0.3) is 0 Å². The van der Waals surface area contributed by atoms with E-state index >= 15 is 0 Å². The Balaban J connectivity index is 1.61. The van der Waals surface area contributed by atoms with Gasteiger partial charge in [-0.05, 0) is 31.9 Å². The summed E-state index contributed by atoms with van der Waals surface area (Å²) in [7, 11) is 1.93. The first kappa shape index (κ1) is 14.3. The number of hydrogen-bond acceptors (Lipinski definition) is 3. The maximum absolute atomic E-state index is 12.2. The maximum atomic E-state index is 12.2. The van der Waals surface area contributed by atoms with Crippen molar-refractivity contribution in [3.8, 4) is 0 Å². The predicted molar refractivity (Wildman–Crippen MR) is 84.3 cm³/mol. The summed E-state index contributed by atoms with van der Waals surface area (Å²) in [5.41, 5.74) is 2.00. The molecule has 21 heavy (non-hydrogen) atoms. The molecule has 2 aromatic rings. The molecule has 1 N–H and O–H groups in total. The highest BCUT2D eigenvalue weighted by molar-refractivity contribution is 5.88. The number of fused-ring (bicyclic) bond motifs is 1. The van der Waals surface area contributed by atoms with Gasteiger partial charge in [-0.3, -0.25) is 9.48 Å². The summed E-state index contributed by atoms with van der Waals surface area (Å²) in [5, 5.41) is 9.11. The Kier molecular flexibility index (Phi) is 4.34. The van der Waals surface area contributed by atoms with Gasteiger partial charge in [0.2, 0.25) is 0 Å². The lowest BCUT2D eigenvalue weighted by Gasteiger charge is -2.22. The number of aryl methyl sites for hydroxylation is 1. The van der Waals surface area contributed by atoms with Crippen molar-refractivity contribution in [2.24, 2.45) is 7.05 Å². The lowest BCUT2D eigenvalue weighted by molar-refractivity contribution is -0.118. The number of rotatable bonds is 5. The second-order valence-electron chi connectivity index (χ2n) is 5.99. The van der Waals surface area contributed by atoms with Crippen LogP contribution in [0.1, 0.15) is 37.8 Å². The molecule has 4 nitrogen and oxygen atoms in total. The van der Waals surface area contributed by atoms with Crippen molar-refractivity contribution in [1.82, 2.24) is 15.1 Å². The normalized spacial score (nSPS) is 19.0. The number of hydrogen-bond donors (Lipinski definition) is 1. The van der Waals surface area contributed by atoms with Gasteiger partial charge in [-0.2, -0.15) is 5.10 Å². The first-order valence-corrected chi connectivity index (χ1v) is 7.90. The van der Waals surface area contributed by atoms with Crippen LogP contribution >= 0.6 is 0 Å². The van der Waals surface area contributed by atoms with Crippen LogP contribution in [-0.2, 0) is 18.3 Å². The molecule has 0 saturated carbocycles. The Hall–Kier alpha value is -1.68. The highest BCUT2D eigenvalue weighted by Crippen LogP contribution is 2.19. The topological polar surface area (TPSA) is 46.9 Å². The number of benzene rings is 1. The Bertz CT molecular complexity index is 626. The molecule has 0 radical (unpaired) electrons. The van der Waals surface area contributed by atoms with Gasteiger partial charge in [0.1, 0.15) is 5.78 Å². The number of carbonyl (C=O) groups is 1. The van der Waals surface area contributed by atoms with Crippen LogP contribution in [0.2, 0.25) is 0 Å². The Morgan fingerprint density at radius 1 is 1.38 bits per heavy atom. The third kappa shape index (κ3) is 3.32. The summed E-state index contributed by atoms with van der Waals surface area (Å²) in [5.74, 6) is 0.297. The van der Waals surface area contributed by atoms with Gasteiger partial charge in [0.05, 0.1) is 17.6 Å². The SMILES string of the molecule is Cn1nc(CC(=O)CCC2CCCCN2)c2ccccc21. The molecule has 112 valence electrons. The molecule has 0 amide bonds. The number of nitrogens with one attached hydrogen (secondary N) is 1. The smallest absolute Gasteiger partial charge is 0.138 e. The zero-order valence-electron chi connectivity index (χ0n) is 12.6. The molecule has 1 fully saturated rings. The fourth-order valence-electron chi connectivity index (χ4n) is 3.20. The van der Waals surface area contributed by atoms with E-state index in [1.54, 1.807) is 0 Å². The molecule has 2 heterocycles. The lowest BCUT2D eigenvalue weighted by atomic mass is 9.98. The average Bonchev–Trinajstić information content (AvgIpc) is 2.83. The van der Waals surface area contributed by atoms with Crippen molar-refractivity contribution in [1.29, 1.82) is 0 Å². The molecule has 1 aromatic heterocycles. The minimum absolute atomic E-state index is 0.297. The quantitative estimate of drug-likeness (QED) is 0.918. The third-order valence-corrected chi connectivity index (χ3v) is 4.38. The molecule has 0 bridgehead atoms. The van der Waals surface area contributed by atoms with E-state index in [-0.39, 0.29) is 0 Å². The molecule has 1 atom stereocenters. The van der Waals surface area contributed by atoms with Crippen LogP contribution in [0.15, 0.2) is 24.3 Å². The van der Waals surface area contributed by atoms with E-state index < -0.39 is 0 Å². The van der Waals surface area contributed by atoms with E-state index in [4.69, 9.17) is 0 Å². The van der Waals surface area contributed by atoms with Gasteiger partial charge in [-0.15, -0.1) is 0 Å². The van der Waals surface area contributed by atoms with Gasteiger partial charge >= 0.3 is 0 Å². The number of carbonyl (C=O) groups excluding carboxylic acids is 1. The number of piperidine rings is 1. The predicted octanol–water partition coefficient (Wildman–Crippen LogP) is 2.61. The number of ketones is 1. The highest BCUT2D eigenvalue weighted by Gasteiger charge is 2.16. The average molecular weight is 285 g/mol. The maximum Gasteiger partial charge on any atom is 0.138 e. The van der Waals surface area contributed by atoms with E-state index in [9.17, 15) is 4.79 Å². The summed E-state index contributed by atoms with van der Waals surface area (Å²) >= 11 is 0. The molecule has 0 aliphatic carbocycles. The summed E-state index contributed by atoms with van der Waals surface area (Å²) < 4.78 is 1.86. The molecule has 1 aromatic carbocycles. The Morgan fingerprint density at radius 2 is 2.24 bits per heavy atom. The monoisotopic (exact) mass is 285 g/mol. The summed E-state index contributed by atoms with van der Waals surface area (Å²) in [6.45, 7) is 1.10.